The van der Waals surface area contributed by atoms with E-state index >= 15 is 0 Å². The van der Waals surface area contributed by atoms with Gasteiger partial charge in [0.1, 0.15) is 0 Å². The molecule has 1 atom stereocenters. The topological polar surface area (TPSA) is 98.1 Å². The fourth-order valence-corrected chi connectivity index (χ4v) is 4.46. The molecule has 1 unspecified atom stereocenters. The Kier molecular flexibility index (Phi) is 10.0. The van der Waals surface area contributed by atoms with Crippen LogP contribution in [0.5, 0.6) is 0 Å². The number of likely N-dealkylation sites (N-methyl/N-ethyl adjacent to an activating group) is 1. The SMILES string of the molecule is CSN1CCC(N(C)C(C)(C)C(=O)N/C(O)=C/C(=N)C(C)(C)COC2CCCCO2)CC1. The Bertz CT molecular complexity index is 669. The number of amides is 1. The maximum atomic E-state index is 13.0. The number of aliphatic hydroxyl groups excluding tert-OH is 1. The number of carbonyl (C=O) groups excluding carboxylic acids is 1. The van der Waals surface area contributed by atoms with Crippen molar-refractivity contribution in [1.29, 1.82) is 5.41 Å². The van der Waals surface area contributed by atoms with E-state index in [0.29, 0.717) is 19.3 Å². The van der Waals surface area contributed by atoms with Gasteiger partial charge in [-0.05, 0) is 59.3 Å². The van der Waals surface area contributed by atoms with Crippen molar-refractivity contribution in [3.63, 3.8) is 0 Å². The highest BCUT2D eigenvalue weighted by atomic mass is 32.2. The number of allylic oxidation sites excluding steroid dienone is 1. The smallest absolute Gasteiger partial charge is 0.246 e. The van der Waals surface area contributed by atoms with Crippen LogP contribution in [0.3, 0.4) is 0 Å². The molecular weight excluding hydrogens is 428 g/mol. The minimum atomic E-state index is -0.798. The minimum Gasteiger partial charge on any atom is -0.494 e. The van der Waals surface area contributed by atoms with Crippen molar-refractivity contribution >= 4 is 23.6 Å². The molecule has 8 nitrogen and oxygen atoms in total. The molecule has 32 heavy (non-hydrogen) atoms. The molecule has 2 saturated heterocycles. The number of ether oxygens (including phenoxy) is 2. The van der Waals surface area contributed by atoms with E-state index in [1.165, 1.54) is 6.08 Å². The van der Waals surface area contributed by atoms with Crippen LogP contribution in [0.2, 0.25) is 0 Å². The number of hydrogen-bond donors (Lipinski definition) is 3. The Morgan fingerprint density at radius 1 is 1.28 bits per heavy atom. The molecule has 3 N–H and O–H groups in total. The standard InChI is InChI=1S/C23H42N4O4S/c1-22(2,16-31-20-9-7-8-14-30-20)18(24)15-19(28)25-21(29)23(3,4)26(5)17-10-12-27(32-6)13-11-17/h15,17,20,24,28H,7-14,16H2,1-6H3,(H,25,29)/b19-15-,24-18?. The number of aliphatic hydroxyl groups is 1. The molecule has 0 bridgehead atoms. The van der Waals surface area contributed by atoms with E-state index in [9.17, 15) is 9.90 Å². The summed E-state index contributed by atoms with van der Waals surface area (Å²) in [6, 6.07) is 0.307. The molecule has 0 spiro atoms. The van der Waals surface area contributed by atoms with E-state index < -0.39 is 11.0 Å². The van der Waals surface area contributed by atoms with Crippen LogP contribution in [0.1, 0.15) is 59.8 Å². The molecular formula is C23H42N4O4S. The molecule has 2 fully saturated rings. The molecule has 184 valence electrons. The predicted octanol–water partition coefficient (Wildman–Crippen LogP) is 3.54. The van der Waals surface area contributed by atoms with Gasteiger partial charge in [-0.25, -0.2) is 0 Å². The maximum Gasteiger partial charge on any atom is 0.246 e. The first-order valence-corrected chi connectivity index (χ1v) is 12.7. The van der Waals surface area contributed by atoms with Crippen molar-refractivity contribution in [1.82, 2.24) is 14.5 Å². The number of carbonyl (C=O) groups is 1. The van der Waals surface area contributed by atoms with Crippen LogP contribution in [0.15, 0.2) is 12.0 Å². The lowest BCUT2D eigenvalue weighted by molar-refractivity contribution is -0.171. The number of nitrogens with one attached hydrogen (secondary N) is 2. The average Bonchev–Trinajstić information content (AvgIpc) is 2.77. The number of piperidine rings is 1. The van der Waals surface area contributed by atoms with E-state index in [4.69, 9.17) is 14.9 Å². The average molecular weight is 471 g/mol. The Balaban J connectivity index is 1.90. The second-order valence-corrected chi connectivity index (χ2v) is 10.8. The van der Waals surface area contributed by atoms with Crippen molar-refractivity contribution in [3.8, 4) is 0 Å². The summed E-state index contributed by atoms with van der Waals surface area (Å²) in [5, 5.41) is 21.4. The van der Waals surface area contributed by atoms with Gasteiger partial charge in [0.2, 0.25) is 5.91 Å². The predicted molar refractivity (Wildman–Crippen MR) is 130 cm³/mol. The van der Waals surface area contributed by atoms with E-state index in [0.717, 1.165) is 45.2 Å². The fourth-order valence-electron chi connectivity index (χ4n) is 3.89. The zero-order chi connectivity index (χ0) is 23.9. The number of hydrogen-bond acceptors (Lipinski definition) is 8. The molecule has 0 aromatic carbocycles. The van der Waals surface area contributed by atoms with Gasteiger partial charge in [-0.3, -0.25) is 19.3 Å². The molecule has 0 aliphatic carbocycles. The van der Waals surface area contributed by atoms with Gasteiger partial charge in [0, 0.05) is 42.9 Å². The van der Waals surface area contributed by atoms with Gasteiger partial charge in [-0.2, -0.15) is 0 Å². The Morgan fingerprint density at radius 2 is 1.94 bits per heavy atom. The highest BCUT2D eigenvalue weighted by Crippen LogP contribution is 2.26. The summed E-state index contributed by atoms with van der Waals surface area (Å²) in [5.74, 6) is -0.612. The summed E-state index contributed by atoms with van der Waals surface area (Å²) in [7, 11) is 1.97. The molecule has 0 aromatic rings. The van der Waals surface area contributed by atoms with Crippen molar-refractivity contribution in [2.24, 2.45) is 5.41 Å². The third kappa shape index (κ3) is 7.45. The molecule has 2 heterocycles. The van der Waals surface area contributed by atoms with Crippen LogP contribution < -0.4 is 5.32 Å². The summed E-state index contributed by atoms with van der Waals surface area (Å²) in [6.45, 7) is 10.5. The van der Waals surface area contributed by atoms with Crippen molar-refractivity contribution in [2.75, 3.05) is 39.6 Å². The van der Waals surface area contributed by atoms with Gasteiger partial charge in [-0.1, -0.05) is 25.8 Å². The lowest BCUT2D eigenvalue weighted by Crippen LogP contribution is -2.58. The Morgan fingerprint density at radius 3 is 2.50 bits per heavy atom. The van der Waals surface area contributed by atoms with Crippen LogP contribution in [0.25, 0.3) is 0 Å². The third-order valence-electron chi connectivity index (χ3n) is 6.69. The van der Waals surface area contributed by atoms with Gasteiger partial charge in [-0.15, -0.1) is 0 Å². The minimum absolute atomic E-state index is 0.182. The maximum absolute atomic E-state index is 13.0. The van der Waals surface area contributed by atoms with Crippen LogP contribution in [-0.4, -0.2) is 83.4 Å². The van der Waals surface area contributed by atoms with E-state index in [-0.39, 0.29) is 23.8 Å². The highest BCUT2D eigenvalue weighted by Gasteiger charge is 2.38. The molecule has 0 radical (unpaired) electrons. The van der Waals surface area contributed by atoms with Crippen LogP contribution in [-0.2, 0) is 14.3 Å². The van der Waals surface area contributed by atoms with E-state index in [1.807, 2.05) is 34.7 Å². The monoisotopic (exact) mass is 470 g/mol. The van der Waals surface area contributed by atoms with Gasteiger partial charge in [0.25, 0.3) is 0 Å². The van der Waals surface area contributed by atoms with Gasteiger partial charge < -0.3 is 20.0 Å². The second-order valence-electron chi connectivity index (χ2n) is 9.90. The summed E-state index contributed by atoms with van der Waals surface area (Å²) in [5.41, 5.74) is -1.24. The highest BCUT2D eigenvalue weighted by molar-refractivity contribution is 7.96. The van der Waals surface area contributed by atoms with Crippen LogP contribution in [0, 0.1) is 10.8 Å². The summed E-state index contributed by atoms with van der Waals surface area (Å²) in [4.78, 5) is 15.1. The first kappa shape index (κ1) is 27.1. The molecule has 0 aromatic heterocycles. The first-order chi connectivity index (χ1) is 15.0. The third-order valence-corrected chi connectivity index (χ3v) is 7.57. The van der Waals surface area contributed by atoms with Crippen molar-refractivity contribution < 1.29 is 19.4 Å². The molecule has 2 rings (SSSR count). The van der Waals surface area contributed by atoms with Crippen LogP contribution >= 0.6 is 11.9 Å². The zero-order valence-electron chi connectivity index (χ0n) is 20.6. The molecule has 2 aliphatic heterocycles. The van der Waals surface area contributed by atoms with Gasteiger partial charge >= 0.3 is 0 Å². The van der Waals surface area contributed by atoms with E-state index in [1.54, 1.807) is 11.9 Å². The summed E-state index contributed by atoms with van der Waals surface area (Å²) >= 11 is 1.76. The number of nitrogens with zero attached hydrogens (tertiary/aromatic N) is 2. The van der Waals surface area contributed by atoms with Gasteiger partial charge in [0.15, 0.2) is 12.2 Å². The van der Waals surface area contributed by atoms with Crippen molar-refractivity contribution in [2.45, 2.75) is 77.7 Å². The lowest BCUT2D eigenvalue weighted by atomic mass is 9.88. The fraction of sp³-hybridized carbons (Fsp3) is 0.826. The lowest BCUT2D eigenvalue weighted by Gasteiger charge is -2.43. The quantitative estimate of drug-likeness (QED) is 0.255. The Labute approximate surface area is 197 Å². The number of rotatable bonds is 10. The zero-order valence-corrected chi connectivity index (χ0v) is 21.4. The second kappa shape index (κ2) is 11.8. The first-order valence-electron chi connectivity index (χ1n) is 11.5. The molecule has 1 amide bonds. The Hall–Kier alpha value is -1.13. The van der Waals surface area contributed by atoms with Gasteiger partial charge in [0.05, 0.1) is 12.1 Å². The van der Waals surface area contributed by atoms with E-state index in [2.05, 4.69) is 20.8 Å². The summed E-state index contributed by atoms with van der Waals surface area (Å²) in [6.07, 6.45) is 8.15. The largest absolute Gasteiger partial charge is 0.494 e. The normalized spacial score (nSPS) is 22.2. The molecule has 9 heteroatoms. The molecule has 2 aliphatic rings. The molecule has 0 saturated carbocycles. The van der Waals surface area contributed by atoms with Crippen LogP contribution in [0.4, 0.5) is 0 Å². The van der Waals surface area contributed by atoms with Crippen molar-refractivity contribution in [3.05, 3.63) is 12.0 Å². The summed E-state index contributed by atoms with van der Waals surface area (Å²) < 4.78 is 13.7.